The number of aryl methyl sites for hydroxylation is 1. The smallest absolute Gasteiger partial charge is 0.122 e. The van der Waals surface area contributed by atoms with Crippen LogP contribution in [0.15, 0.2) is 24.3 Å². The van der Waals surface area contributed by atoms with E-state index in [1.165, 1.54) is 5.56 Å². The first kappa shape index (κ1) is 14.9. The molecule has 1 aliphatic rings. The van der Waals surface area contributed by atoms with Gasteiger partial charge in [0.05, 0.1) is 6.07 Å². The minimum atomic E-state index is -0.404. The molecule has 1 aromatic carbocycles. The van der Waals surface area contributed by atoms with Gasteiger partial charge in [-0.15, -0.1) is 0 Å². The highest BCUT2D eigenvalue weighted by atomic mass is 16.5. The summed E-state index contributed by atoms with van der Waals surface area (Å²) in [6.07, 6.45) is 4.88. The lowest BCUT2D eigenvalue weighted by Crippen LogP contribution is -2.49. The zero-order valence-corrected chi connectivity index (χ0v) is 12.5. The fraction of sp³-hybridized carbons (Fsp3) is 0.588. The first-order valence-corrected chi connectivity index (χ1v) is 7.64. The van der Waals surface area contributed by atoms with Gasteiger partial charge in [-0.1, -0.05) is 32.0 Å². The van der Waals surface area contributed by atoms with Gasteiger partial charge in [0.1, 0.15) is 17.4 Å². The molecule has 0 amide bonds. The first-order chi connectivity index (χ1) is 9.73. The van der Waals surface area contributed by atoms with Gasteiger partial charge in [0, 0.05) is 6.42 Å². The molecule has 1 fully saturated rings. The summed E-state index contributed by atoms with van der Waals surface area (Å²) in [5.41, 5.74) is 0.836. The van der Waals surface area contributed by atoms with E-state index in [1.807, 2.05) is 18.2 Å². The Labute approximate surface area is 121 Å². The van der Waals surface area contributed by atoms with Gasteiger partial charge in [0.2, 0.25) is 0 Å². The van der Waals surface area contributed by atoms with Crippen molar-refractivity contribution in [3.05, 3.63) is 29.8 Å². The van der Waals surface area contributed by atoms with Crippen molar-refractivity contribution in [2.45, 2.75) is 57.6 Å². The molecule has 0 saturated heterocycles. The van der Waals surface area contributed by atoms with Crippen LogP contribution in [-0.2, 0) is 6.42 Å². The molecule has 0 aliphatic heterocycles. The molecular weight excluding hydrogens is 248 g/mol. The highest BCUT2D eigenvalue weighted by Gasteiger charge is 2.36. The van der Waals surface area contributed by atoms with Crippen molar-refractivity contribution < 1.29 is 4.74 Å². The van der Waals surface area contributed by atoms with E-state index >= 15 is 0 Å². The third-order valence-corrected chi connectivity index (χ3v) is 4.08. The zero-order valence-electron chi connectivity index (χ0n) is 12.5. The lowest BCUT2D eigenvalue weighted by molar-refractivity contribution is 0.112. The average Bonchev–Trinajstić information content (AvgIpc) is 2.48. The summed E-state index contributed by atoms with van der Waals surface area (Å²) in [5.74, 6) is 0.977. The van der Waals surface area contributed by atoms with Gasteiger partial charge in [0.15, 0.2) is 0 Å². The third kappa shape index (κ3) is 3.32. The van der Waals surface area contributed by atoms with Crippen molar-refractivity contribution in [3.8, 4) is 11.8 Å². The highest BCUT2D eigenvalue weighted by molar-refractivity contribution is 5.33. The minimum absolute atomic E-state index is 0.134. The molecule has 1 aliphatic carbocycles. The van der Waals surface area contributed by atoms with Crippen LogP contribution in [0.1, 0.15) is 45.1 Å². The molecular formula is C17H24N2O. The number of ether oxygens (including phenoxy) is 1. The summed E-state index contributed by atoms with van der Waals surface area (Å²) in [6.45, 7) is 5.02. The molecule has 3 nitrogen and oxygen atoms in total. The van der Waals surface area contributed by atoms with Crippen molar-refractivity contribution in [2.75, 3.05) is 6.54 Å². The summed E-state index contributed by atoms with van der Waals surface area (Å²) in [7, 11) is 0. The first-order valence-electron chi connectivity index (χ1n) is 7.64. The summed E-state index contributed by atoms with van der Waals surface area (Å²) in [6, 6.07) is 10.7. The van der Waals surface area contributed by atoms with Gasteiger partial charge in [-0.2, -0.15) is 5.26 Å². The van der Waals surface area contributed by atoms with E-state index in [-0.39, 0.29) is 6.10 Å². The van der Waals surface area contributed by atoms with Crippen LogP contribution in [0.4, 0.5) is 0 Å². The van der Waals surface area contributed by atoms with Crippen molar-refractivity contribution in [2.24, 2.45) is 0 Å². The predicted molar refractivity (Wildman–Crippen MR) is 80.7 cm³/mol. The molecule has 1 saturated carbocycles. The number of para-hydroxylation sites is 1. The number of nitrogens with one attached hydrogen (secondary N) is 1. The van der Waals surface area contributed by atoms with E-state index < -0.39 is 5.54 Å². The number of benzene rings is 1. The fourth-order valence-electron chi connectivity index (χ4n) is 3.06. The second-order valence-corrected chi connectivity index (χ2v) is 5.52. The van der Waals surface area contributed by atoms with Crippen LogP contribution in [0.3, 0.4) is 0 Å². The summed E-state index contributed by atoms with van der Waals surface area (Å²) >= 11 is 0. The van der Waals surface area contributed by atoms with E-state index in [0.717, 1.165) is 44.4 Å². The SMILES string of the molecule is CCNC1(C#N)CCCC(Oc2ccccc2CC)C1. The normalized spacial score (nSPS) is 25.9. The second-order valence-electron chi connectivity index (χ2n) is 5.52. The van der Waals surface area contributed by atoms with Crippen molar-refractivity contribution in [1.82, 2.24) is 5.32 Å². The average molecular weight is 272 g/mol. The molecule has 2 atom stereocenters. The molecule has 0 heterocycles. The Hall–Kier alpha value is -1.53. The van der Waals surface area contributed by atoms with E-state index in [1.54, 1.807) is 0 Å². The molecule has 20 heavy (non-hydrogen) atoms. The molecule has 3 heteroatoms. The van der Waals surface area contributed by atoms with E-state index in [2.05, 4.69) is 31.3 Å². The summed E-state index contributed by atoms with van der Waals surface area (Å²) in [5, 5.41) is 12.8. The number of hydrogen-bond acceptors (Lipinski definition) is 3. The second kappa shape index (κ2) is 6.76. The van der Waals surface area contributed by atoms with E-state index in [0.29, 0.717) is 0 Å². The third-order valence-electron chi connectivity index (χ3n) is 4.08. The van der Waals surface area contributed by atoms with Gasteiger partial charge in [-0.05, 0) is 43.9 Å². The Bertz CT molecular complexity index is 476. The predicted octanol–water partition coefficient (Wildman–Crippen LogP) is 3.44. The van der Waals surface area contributed by atoms with Crippen LogP contribution in [-0.4, -0.2) is 18.2 Å². The van der Waals surface area contributed by atoms with Gasteiger partial charge < -0.3 is 4.74 Å². The quantitative estimate of drug-likeness (QED) is 0.893. The Morgan fingerprint density at radius 3 is 2.90 bits per heavy atom. The number of nitrogens with zero attached hydrogens (tertiary/aromatic N) is 1. The number of nitriles is 1. The van der Waals surface area contributed by atoms with Crippen molar-refractivity contribution in [1.29, 1.82) is 5.26 Å². The largest absolute Gasteiger partial charge is 0.490 e. The molecule has 0 radical (unpaired) electrons. The molecule has 0 bridgehead atoms. The number of hydrogen-bond donors (Lipinski definition) is 1. The van der Waals surface area contributed by atoms with Crippen LogP contribution in [0.5, 0.6) is 5.75 Å². The fourth-order valence-corrected chi connectivity index (χ4v) is 3.06. The standard InChI is InChI=1S/C17H24N2O/c1-3-14-8-5-6-10-16(14)20-15-9-7-11-17(12-15,13-18)19-4-2/h5-6,8,10,15,19H,3-4,7,9,11-12H2,1-2H3. The van der Waals surface area contributed by atoms with Crippen molar-refractivity contribution in [3.63, 3.8) is 0 Å². The maximum Gasteiger partial charge on any atom is 0.122 e. The van der Waals surface area contributed by atoms with Gasteiger partial charge >= 0.3 is 0 Å². The minimum Gasteiger partial charge on any atom is -0.490 e. The monoisotopic (exact) mass is 272 g/mol. The van der Waals surface area contributed by atoms with E-state index in [4.69, 9.17) is 4.74 Å². The highest BCUT2D eigenvalue weighted by Crippen LogP contribution is 2.31. The Morgan fingerprint density at radius 1 is 1.40 bits per heavy atom. The Morgan fingerprint density at radius 2 is 2.20 bits per heavy atom. The Balaban J connectivity index is 2.08. The topological polar surface area (TPSA) is 45.0 Å². The van der Waals surface area contributed by atoms with Crippen LogP contribution >= 0.6 is 0 Å². The summed E-state index contributed by atoms with van der Waals surface area (Å²) in [4.78, 5) is 0. The van der Waals surface area contributed by atoms with Gasteiger partial charge in [0.25, 0.3) is 0 Å². The molecule has 1 aromatic rings. The van der Waals surface area contributed by atoms with Crippen LogP contribution in [0.25, 0.3) is 0 Å². The molecule has 0 aromatic heterocycles. The molecule has 2 unspecified atom stereocenters. The van der Waals surface area contributed by atoms with Crippen LogP contribution < -0.4 is 10.1 Å². The van der Waals surface area contributed by atoms with Crippen LogP contribution in [0.2, 0.25) is 0 Å². The summed E-state index contributed by atoms with van der Waals surface area (Å²) < 4.78 is 6.19. The lowest BCUT2D eigenvalue weighted by atomic mass is 9.81. The zero-order chi connectivity index (χ0) is 14.4. The van der Waals surface area contributed by atoms with Crippen LogP contribution in [0, 0.1) is 11.3 Å². The van der Waals surface area contributed by atoms with Crippen molar-refractivity contribution >= 4 is 0 Å². The maximum absolute atomic E-state index is 9.49. The number of rotatable bonds is 5. The van der Waals surface area contributed by atoms with Gasteiger partial charge in [-0.25, -0.2) is 0 Å². The van der Waals surface area contributed by atoms with Gasteiger partial charge in [-0.3, -0.25) is 5.32 Å². The molecule has 1 N–H and O–H groups in total. The maximum atomic E-state index is 9.49. The molecule has 0 spiro atoms. The lowest BCUT2D eigenvalue weighted by Gasteiger charge is -2.36. The Kier molecular flexibility index (Phi) is 5.03. The molecule has 2 rings (SSSR count). The molecule has 108 valence electrons. The van der Waals surface area contributed by atoms with E-state index in [9.17, 15) is 5.26 Å².